The van der Waals surface area contributed by atoms with Gasteiger partial charge in [0.2, 0.25) is 0 Å². The van der Waals surface area contributed by atoms with E-state index in [-0.39, 0.29) is 5.56 Å². The van der Waals surface area contributed by atoms with Crippen molar-refractivity contribution in [3.63, 3.8) is 0 Å². The van der Waals surface area contributed by atoms with E-state index in [1.807, 2.05) is 0 Å². The highest BCUT2D eigenvalue weighted by molar-refractivity contribution is 5.26. The fraction of sp³-hybridized carbons (Fsp3) is 0.333. The van der Waals surface area contributed by atoms with Crippen molar-refractivity contribution in [1.82, 2.24) is 4.98 Å². The number of aromatic nitrogens is 1. The molecular weight excluding hydrogens is 136 g/mol. The van der Waals surface area contributed by atoms with Crippen LogP contribution < -0.4 is 0 Å². The van der Waals surface area contributed by atoms with Crippen molar-refractivity contribution < 1.29 is 8.22 Å². The smallest absolute Gasteiger partial charge is 0.0781 e. The molecule has 0 atom stereocenters. The van der Waals surface area contributed by atoms with E-state index in [0.29, 0.717) is 0 Å². The van der Waals surface area contributed by atoms with Crippen LogP contribution in [0.1, 0.15) is 27.5 Å². The molecule has 11 heavy (non-hydrogen) atoms. The molecule has 1 heterocycles. The van der Waals surface area contributed by atoms with Gasteiger partial charge in [0, 0.05) is 20.6 Å². The van der Waals surface area contributed by atoms with E-state index < -0.39 is 19.1 Å². The third kappa shape index (κ3) is 1.56. The lowest BCUT2D eigenvalue weighted by atomic mass is 9.88. The molecule has 0 aromatic carbocycles. The van der Waals surface area contributed by atoms with Gasteiger partial charge in [0.05, 0.1) is 11.5 Å². The third-order valence-electron chi connectivity index (χ3n) is 1.26. The summed E-state index contributed by atoms with van der Waals surface area (Å²) in [6.07, 6.45) is 2.48. The predicted molar refractivity (Wildman–Crippen MR) is 42.9 cm³/mol. The summed E-state index contributed by atoms with van der Waals surface area (Å²) in [6.45, 7) is -5.92. The molecule has 0 radical (unpaired) electrons. The molecule has 0 amide bonds. The average molecular weight is 152 g/mol. The molecule has 1 rings (SSSR count). The van der Waals surface area contributed by atoms with E-state index in [2.05, 4.69) is 4.98 Å². The first-order valence-corrected chi connectivity index (χ1v) is 2.98. The standard InChI is InChI=1S/C9H10N2/c1-9(2,7-10)8-4-3-5-11-6-8/h3-6H,1-2H3/i1D3,2D3. The Morgan fingerprint density at radius 1 is 1.73 bits per heavy atom. The number of hydrogen-bond acceptors (Lipinski definition) is 2. The summed E-state index contributed by atoms with van der Waals surface area (Å²) in [5.41, 5.74) is -2.67. The summed E-state index contributed by atoms with van der Waals surface area (Å²) in [4.78, 5) is 3.67. The Morgan fingerprint density at radius 3 is 3.00 bits per heavy atom. The van der Waals surface area contributed by atoms with Crippen LogP contribution in [0.3, 0.4) is 0 Å². The van der Waals surface area contributed by atoms with E-state index in [4.69, 9.17) is 13.5 Å². The second kappa shape index (κ2) is 2.71. The molecular formula is C9H10N2. The summed E-state index contributed by atoms with van der Waals surface area (Å²) in [5.74, 6) is 0. The highest BCUT2D eigenvalue weighted by Gasteiger charge is 2.18. The van der Waals surface area contributed by atoms with Gasteiger partial charge in [-0.1, -0.05) is 6.07 Å². The third-order valence-corrected chi connectivity index (χ3v) is 1.26. The number of rotatable bonds is 1. The molecule has 0 aliphatic carbocycles. The van der Waals surface area contributed by atoms with Gasteiger partial charge in [-0.3, -0.25) is 4.98 Å². The Hall–Kier alpha value is -1.36. The van der Waals surface area contributed by atoms with Gasteiger partial charge in [0.15, 0.2) is 0 Å². The minimum atomic E-state index is -2.96. The molecule has 0 spiro atoms. The van der Waals surface area contributed by atoms with Gasteiger partial charge in [-0.15, -0.1) is 0 Å². The molecule has 0 aliphatic heterocycles. The second-order valence-electron chi connectivity index (χ2n) is 2.10. The maximum absolute atomic E-state index is 9.10. The van der Waals surface area contributed by atoms with Crippen molar-refractivity contribution in [2.24, 2.45) is 0 Å². The van der Waals surface area contributed by atoms with Gasteiger partial charge >= 0.3 is 0 Å². The Kier molecular flexibility index (Phi) is 0.725. The van der Waals surface area contributed by atoms with Gasteiger partial charge < -0.3 is 0 Å². The molecule has 0 aliphatic rings. The molecule has 0 unspecified atom stereocenters. The normalized spacial score (nSPS) is 21.0. The molecule has 56 valence electrons. The van der Waals surface area contributed by atoms with Crippen molar-refractivity contribution in [3.05, 3.63) is 30.1 Å². The maximum atomic E-state index is 9.10. The molecule has 1 aromatic rings. The number of nitrogens with zero attached hydrogens (tertiary/aromatic N) is 2. The number of pyridine rings is 1. The molecule has 0 saturated heterocycles. The quantitative estimate of drug-likeness (QED) is 0.616. The highest BCUT2D eigenvalue weighted by atomic mass is 14.6. The van der Waals surface area contributed by atoms with Gasteiger partial charge in [-0.05, 0) is 25.3 Å². The van der Waals surface area contributed by atoms with E-state index in [1.165, 1.54) is 24.4 Å². The molecule has 0 saturated carbocycles. The minimum Gasteiger partial charge on any atom is -0.264 e. The van der Waals surface area contributed by atoms with Crippen LogP contribution in [-0.4, -0.2) is 4.98 Å². The van der Waals surface area contributed by atoms with Crippen molar-refractivity contribution in [2.75, 3.05) is 0 Å². The zero-order valence-corrected chi connectivity index (χ0v) is 5.70. The maximum Gasteiger partial charge on any atom is 0.0781 e. The SMILES string of the molecule is [2H]C([2H])([2H])C(C#N)(c1cccnc1)C([2H])([2H])[2H]. The Morgan fingerprint density at radius 2 is 2.55 bits per heavy atom. The number of nitriles is 1. The van der Waals surface area contributed by atoms with E-state index >= 15 is 0 Å². The van der Waals surface area contributed by atoms with Gasteiger partial charge in [-0.2, -0.15) is 5.26 Å². The summed E-state index contributed by atoms with van der Waals surface area (Å²) in [6, 6.07) is 4.14. The van der Waals surface area contributed by atoms with Crippen LogP contribution in [0, 0.1) is 11.3 Å². The lowest BCUT2D eigenvalue weighted by Gasteiger charge is -2.13. The summed E-state index contributed by atoms with van der Waals surface area (Å²) >= 11 is 0. The summed E-state index contributed by atoms with van der Waals surface area (Å²) in [7, 11) is 0. The van der Waals surface area contributed by atoms with E-state index in [9.17, 15) is 0 Å². The van der Waals surface area contributed by atoms with Gasteiger partial charge in [0.1, 0.15) is 0 Å². The van der Waals surface area contributed by atoms with E-state index in [0.717, 1.165) is 6.20 Å². The first-order chi connectivity index (χ1) is 7.67. The van der Waals surface area contributed by atoms with Crippen molar-refractivity contribution >= 4 is 0 Å². The lowest BCUT2D eigenvalue weighted by Crippen LogP contribution is -2.13. The lowest BCUT2D eigenvalue weighted by molar-refractivity contribution is 0.683. The first kappa shape index (κ1) is 2.94. The van der Waals surface area contributed by atoms with Crippen molar-refractivity contribution in [2.45, 2.75) is 19.1 Å². The van der Waals surface area contributed by atoms with Crippen LogP contribution in [-0.2, 0) is 5.41 Å². The molecule has 1 aromatic heterocycles. The Balaban J connectivity index is 3.57. The highest BCUT2D eigenvalue weighted by Crippen LogP contribution is 2.19. The van der Waals surface area contributed by atoms with Crippen LogP contribution in [0.5, 0.6) is 0 Å². The van der Waals surface area contributed by atoms with Gasteiger partial charge in [-0.25, -0.2) is 0 Å². The fourth-order valence-electron chi connectivity index (χ4n) is 0.649. The molecule has 0 bridgehead atoms. The van der Waals surface area contributed by atoms with E-state index in [1.54, 1.807) is 0 Å². The topological polar surface area (TPSA) is 36.7 Å². The fourth-order valence-corrected chi connectivity index (χ4v) is 0.649. The Labute approximate surface area is 74.9 Å². The van der Waals surface area contributed by atoms with Gasteiger partial charge in [0.25, 0.3) is 0 Å². The summed E-state index contributed by atoms with van der Waals surface area (Å²) in [5, 5.41) is 9.10. The number of hydrogen-bond donors (Lipinski definition) is 0. The molecule has 2 nitrogen and oxygen atoms in total. The Bertz CT molecular complexity index is 414. The van der Waals surface area contributed by atoms with Crippen LogP contribution in [0.25, 0.3) is 0 Å². The van der Waals surface area contributed by atoms with Crippen LogP contribution >= 0.6 is 0 Å². The second-order valence-corrected chi connectivity index (χ2v) is 2.10. The van der Waals surface area contributed by atoms with Crippen molar-refractivity contribution in [3.8, 4) is 6.07 Å². The zero-order valence-electron chi connectivity index (χ0n) is 11.7. The van der Waals surface area contributed by atoms with Crippen LogP contribution in [0.2, 0.25) is 0 Å². The largest absolute Gasteiger partial charge is 0.264 e. The molecule has 0 N–H and O–H groups in total. The zero-order chi connectivity index (χ0) is 13.3. The summed E-state index contributed by atoms with van der Waals surface area (Å²) < 4.78 is 44.1. The molecule has 0 fully saturated rings. The minimum absolute atomic E-state index is 0.123. The first-order valence-electron chi connectivity index (χ1n) is 5.98. The predicted octanol–water partition coefficient (Wildman–Crippen LogP) is 1.88. The van der Waals surface area contributed by atoms with Crippen LogP contribution in [0.15, 0.2) is 24.5 Å². The average Bonchev–Trinajstić information content (AvgIpc) is 2.16. The van der Waals surface area contributed by atoms with Crippen molar-refractivity contribution in [1.29, 1.82) is 5.26 Å². The monoisotopic (exact) mass is 152 g/mol. The van der Waals surface area contributed by atoms with Crippen LogP contribution in [0.4, 0.5) is 0 Å². The molecule has 2 heteroatoms.